The Balaban J connectivity index is 1.74. The molecule has 1 N–H and O–H groups in total. The van der Waals surface area contributed by atoms with E-state index in [2.05, 4.69) is 5.32 Å². The summed E-state index contributed by atoms with van der Waals surface area (Å²) in [6.07, 6.45) is -0.295. The third-order valence-corrected chi connectivity index (χ3v) is 4.77. The van der Waals surface area contributed by atoms with Gasteiger partial charge in [-0.25, -0.2) is 4.79 Å². The minimum atomic E-state index is -0.889. The normalized spacial score (nSPS) is 15.8. The average Bonchev–Trinajstić information content (AvgIpc) is 2.71. The van der Waals surface area contributed by atoms with Gasteiger partial charge in [0.25, 0.3) is 5.91 Å². The Morgan fingerprint density at radius 1 is 1.13 bits per heavy atom. The van der Waals surface area contributed by atoms with Gasteiger partial charge in [0.1, 0.15) is 11.4 Å². The van der Waals surface area contributed by atoms with E-state index in [0.717, 1.165) is 11.3 Å². The van der Waals surface area contributed by atoms with Crippen LogP contribution in [0.5, 0.6) is 5.75 Å². The number of ether oxygens (including phenoxy) is 3. The molecule has 1 aromatic carbocycles. The predicted octanol–water partition coefficient (Wildman–Crippen LogP) is 2.89. The lowest BCUT2D eigenvalue weighted by Gasteiger charge is -2.32. The highest BCUT2D eigenvalue weighted by Crippen LogP contribution is 2.21. The first kappa shape index (κ1) is 23.5. The first-order valence-electron chi connectivity index (χ1n) is 10.2. The lowest BCUT2D eigenvalue weighted by molar-refractivity contribution is -0.160. The Morgan fingerprint density at radius 2 is 1.73 bits per heavy atom. The second kappa shape index (κ2) is 10.3. The van der Waals surface area contributed by atoms with Crippen LogP contribution in [0.25, 0.3) is 0 Å². The fraction of sp³-hybridized carbons (Fsp3) is 0.591. The standard InChI is InChI=1S/C22H32N2O6/c1-15(19(25)23-14-16-6-8-18(28-5)9-7-16)29-20(26)17-10-12-24(13-11-17)21(27)30-22(2,3)4/h6-9,15,17H,10-14H2,1-5H3,(H,23,25)/t15-/m1/s1. The number of hydrogen-bond donors (Lipinski definition) is 1. The molecule has 30 heavy (non-hydrogen) atoms. The van der Waals surface area contributed by atoms with Crippen molar-refractivity contribution >= 4 is 18.0 Å². The second-order valence-electron chi connectivity index (χ2n) is 8.39. The quantitative estimate of drug-likeness (QED) is 0.711. The summed E-state index contributed by atoms with van der Waals surface area (Å²) in [7, 11) is 1.59. The first-order valence-corrected chi connectivity index (χ1v) is 10.2. The van der Waals surface area contributed by atoms with Crippen LogP contribution in [0, 0.1) is 5.92 Å². The van der Waals surface area contributed by atoms with Gasteiger partial charge in [0.2, 0.25) is 0 Å². The fourth-order valence-electron chi connectivity index (χ4n) is 3.02. The van der Waals surface area contributed by atoms with Gasteiger partial charge in [0, 0.05) is 19.6 Å². The van der Waals surface area contributed by atoms with Crippen LogP contribution in [-0.2, 0) is 25.6 Å². The van der Waals surface area contributed by atoms with Gasteiger partial charge in [0.15, 0.2) is 6.10 Å². The molecule has 8 heteroatoms. The zero-order valence-corrected chi connectivity index (χ0v) is 18.4. The van der Waals surface area contributed by atoms with Crippen molar-refractivity contribution < 1.29 is 28.6 Å². The number of rotatable bonds is 6. The molecule has 8 nitrogen and oxygen atoms in total. The molecule has 1 aliphatic rings. The minimum absolute atomic E-state index is 0.332. The number of hydrogen-bond acceptors (Lipinski definition) is 6. The number of methoxy groups -OCH3 is 1. The van der Waals surface area contributed by atoms with Crippen LogP contribution >= 0.6 is 0 Å². The zero-order chi connectivity index (χ0) is 22.3. The van der Waals surface area contributed by atoms with Gasteiger partial charge in [-0.15, -0.1) is 0 Å². The molecule has 1 heterocycles. The molecule has 1 aliphatic heterocycles. The lowest BCUT2D eigenvalue weighted by Crippen LogP contribution is -2.44. The van der Waals surface area contributed by atoms with E-state index < -0.39 is 17.7 Å². The molecular weight excluding hydrogens is 388 g/mol. The lowest BCUT2D eigenvalue weighted by atomic mass is 9.97. The van der Waals surface area contributed by atoms with Gasteiger partial charge >= 0.3 is 12.1 Å². The monoisotopic (exact) mass is 420 g/mol. The maximum Gasteiger partial charge on any atom is 0.410 e. The van der Waals surface area contributed by atoms with Crippen molar-refractivity contribution in [2.24, 2.45) is 5.92 Å². The molecule has 1 fully saturated rings. The predicted molar refractivity (Wildman–Crippen MR) is 111 cm³/mol. The van der Waals surface area contributed by atoms with Crippen LogP contribution in [0.4, 0.5) is 4.79 Å². The van der Waals surface area contributed by atoms with Crippen molar-refractivity contribution in [2.45, 2.75) is 58.8 Å². The third kappa shape index (κ3) is 7.24. The summed E-state index contributed by atoms with van der Waals surface area (Å²) in [5, 5.41) is 2.76. The Morgan fingerprint density at radius 3 is 2.27 bits per heavy atom. The van der Waals surface area contributed by atoms with E-state index in [0.29, 0.717) is 32.5 Å². The minimum Gasteiger partial charge on any atom is -0.497 e. The Labute approximate surface area is 177 Å². The molecule has 1 saturated heterocycles. The summed E-state index contributed by atoms with van der Waals surface area (Å²) in [6.45, 7) is 8.18. The van der Waals surface area contributed by atoms with E-state index in [1.165, 1.54) is 0 Å². The largest absolute Gasteiger partial charge is 0.497 e. The number of likely N-dealkylation sites (tertiary alicyclic amines) is 1. The van der Waals surface area contributed by atoms with Gasteiger partial charge in [-0.1, -0.05) is 12.1 Å². The van der Waals surface area contributed by atoms with Crippen molar-refractivity contribution in [2.75, 3.05) is 20.2 Å². The number of nitrogens with zero attached hydrogens (tertiary/aromatic N) is 1. The van der Waals surface area contributed by atoms with Gasteiger partial charge in [-0.2, -0.15) is 0 Å². The summed E-state index contributed by atoms with van der Waals surface area (Å²) in [5.41, 5.74) is 0.360. The molecule has 1 atom stereocenters. The van der Waals surface area contributed by atoms with Crippen molar-refractivity contribution in [1.29, 1.82) is 0 Å². The Hall–Kier alpha value is -2.77. The summed E-state index contributed by atoms with van der Waals surface area (Å²) < 4.78 is 15.8. The van der Waals surface area contributed by atoms with Crippen LogP contribution in [0.2, 0.25) is 0 Å². The number of piperidine rings is 1. The number of carbonyl (C=O) groups is 3. The van der Waals surface area contributed by atoms with Crippen LogP contribution < -0.4 is 10.1 Å². The second-order valence-corrected chi connectivity index (χ2v) is 8.39. The molecule has 0 bridgehead atoms. The van der Waals surface area contributed by atoms with Crippen molar-refractivity contribution in [3.8, 4) is 5.75 Å². The Bertz CT molecular complexity index is 733. The summed E-state index contributed by atoms with van der Waals surface area (Å²) in [4.78, 5) is 38.4. The molecule has 0 aromatic heterocycles. The van der Waals surface area contributed by atoms with E-state index in [1.54, 1.807) is 18.9 Å². The fourth-order valence-corrected chi connectivity index (χ4v) is 3.02. The molecular formula is C22H32N2O6. The highest BCUT2D eigenvalue weighted by molar-refractivity contribution is 5.84. The van der Waals surface area contributed by atoms with Crippen LogP contribution in [0.1, 0.15) is 46.1 Å². The topological polar surface area (TPSA) is 94.2 Å². The SMILES string of the molecule is COc1ccc(CNC(=O)[C@@H](C)OC(=O)C2CCN(C(=O)OC(C)(C)C)CC2)cc1. The highest BCUT2D eigenvalue weighted by Gasteiger charge is 2.32. The van der Waals surface area contributed by atoms with Gasteiger partial charge in [-0.3, -0.25) is 9.59 Å². The summed E-state index contributed by atoms with van der Waals surface area (Å²) in [6, 6.07) is 7.34. The number of esters is 1. The van der Waals surface area contributed by atoms with Crippen molar-refractivity contribution in [3.63, 3.8) is 0 Å². The maximum absolute atomic E-state index is 12.4. The summed E-state index contributed by atoms with van der Waals surface area (Å²) in [5.74, 6) is -0.359. The first-order chi connectivity index (χ1) is 14.1. The molecule has 2 rings (SSSR count). The summed E-state index contributed by atoms with van der Waals surface area (Å²) >= 11 is 0. The van der Waals surface area contributed by atoms with Crippen LogP contribution in [-0.4, -0.2) is 54.8 Å². The molecule has 0 spiro atoms. The molecule has 0 aliphatic carbocycles. The molecule has 166 valence electrons. The van der Waals surface area contributed by atoms with E-state index in [9.17, 15) is 14.4 Å². The third-order valence-electron chi connectivity index (χ3n) is 4.77. The Kier molecular flexibility index (Phi) is 8.08. The van der Waals surface area contributed by atoms with Gasteiger partial charge in [0.05, 0.1) is 13.0 Å². The van der Waals surface area contributed by atoms with Crippen molar-refractivity contribution in [1.82, 2.24) is 10.2 Å². The average molecular weight is 421 g/mol. The maximum atomic E-state index is 12.4. The van der Waals surface area contributed by atoms with E-state index in [1.807, 2.05) is 45.0 Å². The molecule has 0 unspecified atom stereocenters. The number of carbonyl (C=O) groups excluding carboxylic acids is 3. The van der Waals surface area contributed by atoms with E-state index in [-0.39, 0.29) is 17.9 Å². The number of amides is 2. The van der Waals surface area contributed by atoms with E-state index in [4.69, 9.17) is 14.2 Å². The van der Waals surface area contributed by atoms with E-state index >= 15 is 0 Å². The van der Waals surface area contributed by atoms with Crippen LogP contribution in [0.15, 0.2) is 24.3 Å². The van der Waals surface area contributed by atoms with Crippen molar-refractivity contribution in [3.05, 3.63) is 29.8 Å². The zero-order valence-electron chi connectivity index (χ0n) is 18.4. The number of nitrogens with one attached hydrogen (secondary N) is 1. The molecule has 2 amide bonds. The number of benzene rings is 1. The highest BCUT2D eigenvalue weighted by atomic mass is 16.6. The van der Waals surface area contributed by atoms with Crippen LogP contribution in [0.3, 0.4) is 0 Å². The van der Waals surface area contributed by atoms with Gasteiger partial charge < -0.3 is 24.4 Å². The van der Waals surface area contributed by atoms with Gasteiger partial charge in [-0.05, 0) is 58.2 Å². The molecule has 0 saturated carbocycles. The smallest absolute Gasteiger partial charge is 0.410 e. The molecule has 0 radical (unpaired) electrons. The molecule has 1 aromatic rings.